The highest BCUT2D eigenvalue weighted by atomic mass is 19.3. The highest BCUT2D eigenvalue weighted by Gasteiger charge is 2.09. The third-order valence-corrected chi connectivity index (χ3v) is 2.93. The first-order chi connectivity index (χ1) is 9.13. The summed E-state index contributed by atoms with van der Waals surface area (Å²) in [7, 11) is 0. The van der Waals surface area contributed by atoms with Crippen molar-refractivity contribution in [1.29, 1.82) is 0 Å². The van der Waals surface area contributed by atoms with Crippen LogP contribution in [0.3, 0.4) is 0 Å². The molecule has 3 rings (SSSR count). The van der Waals surface area contributed by atoms with Crippen molar-refractivity contribution in [1.82, 2.24) is 14.8 Å². The van der Waals surface area contributed by atoms with Crippen LogP contribution in [0.4, 0.5) is 8.78 Å². The van der Waals surface area contributed by atoms with E-state index in [1.54, 1.807) is 12.3 Å². The highest BCUT2D eigenvalue weighted by molar-refractivity contribution is 5.83. The summed E-state index contributed by atoms with van der Waals surface area (Å²) in [5.41, 5.74) is 3.38. The van der Waals surface area contributed by atoms with Gasteiger partial charge in [-0.15, -0.1) is 0 Å². The van der Waals surface area contributed by atoms with Crippen LogP contribution in [-0.4, -0.2) is 14.8 Å². The van der Waals surface area contributed by atoms with Crippen molar-refractivity contribution >= 4 is 10.9 Å². The first kappa shape index (κ1) is 11.8. The molecule has 0 saturated heterocycles. The Bertz CT molecular complexity index is 734. The van der Waals surface area contributed by atoms with Gasteiger partial charge in [0.1, 0.15) is 0 Å². The molecule has 0 atom stereocenters. The largest absolute Gasteiger partial charge is 0.333 e. The number of rotatable bonds is 2. The van der Waals surface area contributed by atoms with Gasteiger partial charge in [0.15, 0.2) is 0 Å². The number of nitrogens with zero attached hydrogens (tertiary/aromatic N) is 3. The minimum Gasteiger partial charge on any atom is -0.256 e. The summed E-state index contributed by atoms with van der Waals surface area (Å²) in [4.78, 5) is 4.28. The molecule has 96 valence electrons. The van der Waals surface area contributed by atoms with E-state index in [1.807, 2.05) is 31.2 Å². The molecule has 0 radical (unpaired) electrons. The van der Waals surface area contributed by atoms with Gasteiger partial charge in [0.2, 0.25) is 0 Å². The molecule has 3 aromatic rings. The third kappa shape index (κ3) is 2.19. The summed E-state index contributed by atoms with van der Waals surface area (Å²) in [6.07, 6.45) is 3.08. The molecule has 0 spiro atoms. The smallest absolute Gasteiger partial charge is 0.256 e. The molecule has 0 aliphatic heterocycles. The van der Waals surface area contributed by atoms with Crippen molar-refractivity contribution in [2.45, 2.75) is 13.5 Å². The second kappa shape index (κ2) is 4.42. The van der Waals surface area contributed by atoms with Crippen LogP contribution in [0, 0.1) is 6.92 Å². The topological polar surface area (TPSA) is 30.7 Å². The van der Waals surface area contributed by atoms with Gasteiger partial charge in [0, 0.05) is 23.3 Å². The minimum atomic E-state index is -2.62. The van der Waals surface area contributed by atoms with Crippen LogP contribution < -0.4 is 0 Å². The van der Waals surface area contributed by atoms with E-state index in [2.05, 4.69) is 10.1 Å². The lowest BCUT2D eigenvalue weighted by atomic mass is 10.1. The Morgan fingerprint density at radius 2 is 2.00 bits per heavy atom. The molecule has 0 aliphatic carbocycles. The van der Waals surface area contributed by atoms with Gasteiger partial charge >= 0.3 is 6.55 Å². The molecule has 2 heterocycles. The summed E-state index contributed by atoms with van der Waals surface area (Å²) >= 11 is 0. The average molecular weight is 259 g/mol. The van der Waals surface area contributed by atoms with E-state index in [4.69, 9.17) is 0 Å². The molecule has 5 heteroatoms. The molecule has 1 aromatic carbocycles. The van der Waals surface area contributed by atoms with E-state index >= 15 is 0 Å². The second-order valence-corrected chi connectivity index (χ2v) is 4.38. The molecule has 0 saturated carbocycles. The molecule has 0 N–H and O–H groups in total. The van der Waals surface area contributed by atoms with Gasteiger partial charge < -0.3 is 0 Å². The fourth-order valence-corrected chi connectivity index (χ4v) is 2.00. The van der Waals surface area contributed by atoms with Gasteiger partial charge in [-0.1, -0.05) is 6.07 Å². The number of hydrogen-bond acceptors (Lipinski definition) is 2. The standard InChI is InChI=1S/C14H11F2N3/c1-9-4-5-17-13(6-9)10-2-3-12-11(7-10)8-19(18-12)14(15)16/h2-8,14H,1H3. The highest BCUT2D eigenvalue weighted by Crippen LogP contribution is 2.24. The first-order valence-electron chi connectivity index (χ1n) is 5.83. The minimum absolute atomic E-state index is 0.553. The number of hydrogen-bond donors (Lipinski definition) is 0. The molecule has 0 fully saturated rings. The molecular formula is C14H11F2N3. The van der Waals surface area contributed by atoms with Gasteiger partial charge in [0.25, 0.3) is 0 Å². The van der Waals surface area contributed by atoms with Gasteiger partial charge in [0.05, 0.1) is 11.2 Å². The molecule has 0 unspecified atom stereocenters. The van der Waals surface area contributed by atoms with Crippen molar-refractivity contribution in [3.63, 3.8) is 0 Å². The van der Waals surface area contributed by atoms with Gasteiger partial charge in [-0.3, -0.25) is 4.98 Å². The van der Waals surface area contributed by atoms with Crippen LogP contribution in [0.15, 0.2) is 42.7 Å². The van der Waals surface area contributed by atoms with E-state index in [0.29, 0.717) is 15.6 Å². The fraction of sp³-hybridized carbons (Fsp3) is 0.143. The predicted molar refractivity (Wildman–Crippen MR) is 69.0 cm³/mol. The SMILES string of the molecule is Cc1ccnc(-c2ccc3nn(C(F)F)cc3c2)c1. The zero-order valence-electron chi connectivity index (χ0n) is 10.2. The summed E-state index contributed by atoms with van der Waals surface area (Å²) in [6.45, 7) is -0.633. The Balaban J connectivity index is 2.11. The molecule has 2 aromatic heterocycles. The van der Waals surface area contributed by atoms with Crippen molar-refractivity contribution < 1.29 is 8.78 Å². The summed E-state index contributed by atoms with van der Waals surface area (Å²) in [5.74, 6) is 0. The molecule has 0 bridgehead atoms. The molecule has 0 amide bonds. The Labute approximate surface area is 108 Å². The number of alkyl halides is 2. The Morgan fingerprint density at radius 1 is 1.16 bits per heavy atom. The van der Waals surface area contributed by atoms with Gasteiger partial charge in [-0.2, -0.15) is 13.9 Å². The fourth-order valence-electron chi connectivity index (χ4n) is 2.00. The lowest BCUT2D eigenvalue weighted by Gasteiger charge is -2.01. The summed E-state index contributed by atoms with van der Waals surface area (Å²) in [6, 6.07) is 9.26. The first-order valence-corrected chi connectivity index (χ1v) is 5.83. The van der Waals surface area contributed by atoms with Crippen molar-refractivity contribution in [2.75, 3.05) is 0 Å². The Hall–Kier alpha value is -2.30. The molecule has 19 heavy (non-hydrogen) atoms. The maximum absolute atomic E-state index is 12.6. The van der Waals surface area contributed by atoms with E-state index in [1.165, 1.54) is 6.20 Å². The van der Waals surface area contributed by atoms with Crippen LogP contribution in [0.25, 0.3) is 22.2 Å². The van der Waals surface area contributed by atoms with Crippen LogP contribution in [-0.2, 0) is 0 Å². The number of halogens is 2. The molecule has 3 nitrogen and oxygen atoms in total. The van der Waals surface area contributed by atoms with Gasteiger partial charge in [-0.25, -0.2) is 4.68 Å². The Morgan fingerprint density at radius 3 is 2.74 bits per heavy atom. The molecular weight excluding hydrogens is 248 g/mol. The Kier molecular flexibility index (Phi) is 2.74. The van der Waals surface area contributed by atoms with Crippen LogP contribution in [0.5, 0.6) is 0 Å². The summed E-state index contributed by atoms with van der Waals surface area (Å²) < 4.78 is 25.8. The zero-order chi connectivity index (χ0) is 13.4. The van der Waals surface area contributed by atoms with E-state index in [9.17, 15) is 8.78 Å². The quantitative estimate of drug-likeness (QED) is 0.700. The van der Waals surface area contributed by atoms with E-state index < -0.39 is 6.55 Å². The van der Waals surface area contributed by atoms with Crippen LogP contribution in [0.2, 0.25) is 0 Å². The monoisotopic (exact) mass is 259 g/mol. The number of pyridine rings is 1. The third-order valence-electron chi connectivity index (χ3n) is 2.93. The zero-order valence-corrected chi connectivity index (χ0v) is 10.2. The van der Waals surface area contributed by atoms with Crippen molar-refractivity contribution in [3.8, 4) is 11.3 Å². The number of aryl methyl sites for hydroxylation is 1. The molecule has 0 aliphatic rings. The predicted octanol–water partition coefficient (Wildman–Crippen LogP) is 3.80. The normalized spacial score (nSPS) is 11.4. The average Bonchev–Trinajstić information content (AvgIpc) is 2.81. The van der Waals surface area contributed by atoms with Crippen molar-refractivity contribution in [3.05, 3.63) is 48.3 Å². The number of benzene rings is 1. The second-order valence-electron chi connectivity index (χ2n) is 4.38. The maximum Gasteiger partial charge on any atom is 0.333 e. The van der Waals surface area contributed by atoms with Crippen LogP contribution >= 0.6 is 0 Å². The maximum atomic E-state index is 12.6. The number of fused-ring (bicyclic) bond motifs is 1. The summed E-state index contributed by atoms with van der Waals surface area (Å²) in [5, 5.41) is 4.49. The van der Waals surface area contributed by atoms with E-state index in [-0.39, 0.29) is 0 Å². The van der Waals surface area contributed by atoms with E-state index in [0.717, 1.165) is 16.8 Å². The van der Waals surface area contributed by atoms with Crippen molar-refractivity contribution in [2.24, 2.45) is 0 Å². The van der Waals surface area contributed by atoms with Crippen LogP contribution in [0.1, 0.15) is 12.1 Å². The lowest BCUT2D eigenvalue weighted by molar-refractivity contribution is 0.0574. The lowest BCUT2D eigenvalue weighted by Crippen LogP contribution is -1.96. The van der Waals surface area contributed by atoms with Gasteiger partial charge in [-0.05, 0) is 36.8 Å². The number of aromatic nitrogens is 3.